The van der Waals surface area contributed by atoms with Gasteiger partial charge in [-0.25, -0.2) is 9.97 Å². The molecule has 1 amide bonds. The van der Waals surface area contributed by atoms with E-state index in [1.54, 1.807) is 17.9 Å². The number of aromatic nitrogens is 5. The van der Waals surface area contributed by atoms with Crippen molar-refractivity contribution in [2.24, 2.45) is 5.92 Å². The highest BCUT2D eigenvalue weighted by atomic mass is 16.2. The highest BCUT2D eigenvalue weighted by Crippen LogP contribution is 1.99. The van der Waals surface area contributed by atoms with Crippen molar-refractivity contribution >= 4 is 11.9 Å². The zero-order valence-electron chi connectivity index (χ0n) is 12.5. The Morgan fingerprint density at radius 2 is 2.27 bits per heavy atom. The zero-order chi connectivity index (χ0) is 15.9. The highest BCUT2D eigenvalue weighted by Gasteiger charge is 2.13. The number of rotatable bonds is 7. The standard InChI is InChI=1S/C13H19N7O2/c1-9(6-20-8-14-7-17-20)12(22)15-3-4-16-13-18-10(2)5-11(21)19-13/h5,7-9H,3-4,6H2,1-2H3,(H,15,22)(H2,16,18,19,21)/t9-/m1/s1. The second-order valence-corrected chi connectivity index (χ2v) is 4.97. The van der Waals surface area contributed by atoms with E-state index in [0.717, 1.165) is 0 Å². The maximum Gasteiger partial charge on any atom is 0.252 e. The number of carbonyl (C=O) groups excluding carboxylic acids is 1. The third-order valence-electron chi connectivity index (χ3n) is 2.96. The van der Waals surface area contributed by atoms with Gasteiger partial charge in [-0.05, 0) is 6.92 Å². The van der Waals surface area contributed by atoms with Gasteiger partial charge >= 0.3 is 0 Å². The van der Waals surface area contributed by atoms with Crippen LogP contribution in [0.4, 0.5) is 5.95 Å². The first-order valence-electron chi connectivity index (χ1n) is 6.96. The zero-order valence-corrected chi connectivity index (χ0v) is 12.5. The van der Waals surface area contributed by atoms with Gasteiger partial charge in [0.2, 0.25) is 11.9 Å². The van der Waals surface area contributed by atoms with Crippen LogP contribution in [0.3, 0.4) is 0 Å². The topological polar surface area (TPSA) is 118 Å². The molecule has 9 nitrogen and oxygen atoms in total. The van der Waals surface area contributed by atoms with Crippen LogP contribution in [0.5, 0.6) is 0 Å². The fraction of sp³-hybridized carbons (Fsp3) is 0.462. The van der Waals surface area contributed by atoms with Crippen LogP contribution in [0.2, 0.25) is 0 Å². The van der Waals surface area contributed by atoms with Crippen LogP contribution in [0, 0.1) is 12.8 Å². The van der Waals surface area contributed by atoms with Crippen molar-refractivity contribution in [3.8, 4) is 0 Å². The fourth-order valence-electron chi connectivity index (χ4n) is 1.89. The van der Waals surface area contributed by atoms with E-state index in [0.29, 0.717) is 31.3 Å². The molecule has 0 aromatic carbocycles. The van der Waals surface area contributed by atoms with Crippen molar-refractivity contribution in [2.45, 2.75) is 20.4 Å². The first-order chi connectivity index (χ1) is 10.5. The van der Waals surface area contributed by atoms with Crippen LogP contribution >= 0.6 is 0 Å². The lowest BCUT2D eigenvalue weighted by atomic mass is 10.1. The van der Waals surface area contributed by atoms with Gasteiger partial charge in [-0.3, -0.25) is 19.3 Å². The second kappa shape index (κ2) is 7.34. The lowest BCUT2D eigenvalue weighted by Crippen LogP contribution is -2.35. The van der Waals surface area contributed by atoms with Gasteiger partial charge in [-0.2, -0.15) is 5.10 Å². The van der Waals surface area contributed by atoms with E-state index in [1.165, 1.54) is 12.4 Å². The van der Waals surface area contributed by atoms with Gasteiger partial charge < -0.3 is 10.6 Å². The van der Waals surface area contributed by atoms with E-state index in [2.05, 4.69) is 30.7 Å². The van der Waals surface area contributed by atoms with Gasteiger partial charge in [-0.15, -0.1) is 0 Å². The third-order valence-corrected chi connectivity index (χ3v) is 2.96. The monoisotopic (exact) mass is 305 g/mol. The van der Waals surface area contributed by atoms with Gasteiger partial charge in [0.15, 0.2) is 0 Å². The van der Waals surface area contributed by atoms with E-state index in [1.807, 2.05) is 6.92 Å². The average Bonchev–Trinajstić information content (AvgIpc) is 2.95. The molecule has 3 N–H and O–H groups in total. The molecule has 0 unspecified atom stereocenters. The van der Waals surface area contributed by atoms with Crippen molar-refractivity contribution in [3.63, 3.8) is 0 Å². The molecular weight excluding hydrogens is 286 g/mol. The maximum atomic E-state index is 11.9. The van der Waals surface area contributed by atoms with E-state index in [-0.39, 0.29) is 17.4 Å². The van der Waals surface area contributed by atoms with Crippen LogP contribution in [-0.2, 0) is 11.3 Å². The maximum absolute atomic E-state index is 11.9. The summed E-state index contributed by atoms with van der Waals surface area (Å²) in [5.41, 5.74) is 0.428. The molecule has 0 saturated heterocycles. The van der Waals surface area contributed by atoms with Crippen LogP contribution in [0.15, 0.2) is 23.5 Å². The summed E-state index contributed by atoms with van der Waals surface area (Å²) in [5.74, 6) is 0.122. The lowest BCUT2D eigenvalue weighted by molar-refractivity contribution is -0.124. The SMILES string of the molecule is Cc1cc(=O)[nH]c(NCCNC(=O)[C@H](C)Cn2cncn2)n1. The van der Waals surface area contributed by atoms with Crippen LogP contribution in [-0.4, -0.2) is 43.7 Å². The van der Waals surface area contributed by atoms with Crippen molar-refractivity contribution < 1.29 is 4.79 Å². The van der Waals surface area contributed by atoms with Gasteiger partial charge in [-0.1, -0.05) is 6.92 Å². The molecule has 118 valence electrons. The summed E-state index contributed by atoms with van der Waals surface area (Å²) < 4.78 is 1.61. The Balaban J connectivity index is 1.71. The molecule has 22 heavy (non-hydrogen) atoms. The third kappa shape index (κ3) is 4.69. The number of hydrogen-bond acceptors (Lipinski definition) is 6. The first-order valence-corrected chi connectivity index (χ1v) is 6.96. The summed E-state index contributed by atoms with van der Waals surface area (Å²) >= 11 is 0. The number of amides is 1. The van der Waals surface area contributed by atoms with Crippen LogP contribution in [0.1, 0.15) is 12.6 Å². The molecule has 0 saturated carbocycles. The smallest absolute Gasteiger partial charge is 0.252 e. The van der Waals surface area contributed by atoms with Crippen LogP contribution in [0.25, 0.3) is 0 Å². The number of H-pyrrole nitrogens is 1. The summed E-state index contributed by atoms with van der Waals surface area (Å²) in [6.07, 6.45) is 3.01. The molecule has 2 rings (SSSR count). The molecule has 2 heterocycles. The Bertz CT molecular complexity index is 665. The predicted octanol–water partition coefficient (Wildman–Crippen LogP) is -0.466. The molecule has 2 aromatic heterocycles. The Labute approximate surface area is 127 Å². The minimum absolute atomic E-state index is 0.0667. The number of aryl methyl sites for hydroxylation is 1. The quantitative estimate of drug-likeness (QED) is 0.596. The molecule has 0 radical (unpaired) electrons. The van der Waals surface area contributed by atoms with Crippen molar-refractivity contribution in [1.82, 2.24) is 30.0 Å². The van der Waals surface area contributed by atoms with Crippen molar-refractivity contribution in [2.75, 3.05) is 18.4 Å². The molecule has 0 aliphatic heterocycles. The molecule has 2 aromatic rings. The van der Waals surface area contributed by atoms with Gasteiger partial charge in [0.25, 0.3) is 5.56 Å². The summed E-state index contributed by atoms with van der Waals surface area (Å²) in [6, 6.07) is 1.42. The number of nitrogens with zero attached hydrogens (tertiary/aromatic N) is 4. The fourth-order valence-corrected chi connectivity index (χ4v) is 1.89. The molecular formula is C13H19N7O2. The van der Waals surface area contributed by atoms with E-state index in [4.69, 9.17) is 0 Å². The predicted molar refractivity (Wildman–Crippen MR) is 80.3 cm³/mol. The summed E-state index contributed by atoms with van der Waals surface area (Å²) in [7, 11) is 0. The Morgan fingerprint density at radius 1 is 1.45 bits per heavy atom. The summed E-state index contributed by atoms with van der Waals surface area (Å²) in [6.45, 7) is 4.94. The first kappa shape index (κ1) is 15.7. The highest BCUT2D eigenvalue weighted by molar-refractivity contribution is 5.78. The number of aromatic amines is 1. The largest absolute Gasteiger partial charge is 0.354 e. The van der Waals surface area contributed by atoms with Gasteiger partial charge in [0, 0.05) is 24.8 Å². The van der Waals surface area contributed by atoms with Crippen molar-refractivity contribution in [1.29, 1.82) is 0 Å². The molecule has 1 atom stereocenters. The molecule has 0 bridgehead atoms. The number of nitrogens with one attached hydrogen (secondary N) is 3. The second-order valence-electron chi connectivity index (χ2n) is 4.97. The van der Waals surface area contributed by atoms with E-state index < -0.39 is 0 Å². The average molecular weight is 305 g/mol. The molecule has 9 heteroatoms. The van der Waals surface area contributed by atoms with Gasteiger partial charge in [0.05, 0.1) is 12.5 Å². The molecule has 0 aliphatic rings. The number of hydrogen-bond donors (Lipinski definition) is 3. The summed E-state index contributed by atoms with van der Waals surface area (Å²) in [4.78, 5) is 33.7. The van der Waals surface area contributed by atoms with Gasteiger partial charge in [0.1, 0.15) is 12.7 Å². The Hall–Kier alpha value is -2.71. The molecule has 0 spiro atoms. The van der Waals surface area contributed by atoms with Crippen LogP contribution < -0.4 is 16.2 Å². The Kier molecular flexibility index (Phi) is 5.23. The van der Waals surface area contributed by atoms with Crippen molar-refractivity contribution in [3.05, 3.63) is 34.8 Å². The van der Waals surface area contributed by atoms with E-state index >= 15 is 0 Å². The minimum atomic E-state index is -0.210. The lowest BCUT2D eigenvalue weighted by Gasteiger charge is -2.12. The number of anilines is 1. The Morgan fingerprint density at radius 3 is 2.95 bits per heavy atom. The minimum Gasteiger partial charge on any atom is -0.354 e. The normalized spacial score (nSPS) is 11.9. The molecule has 0 aliphatic carbocycles. The summed E-state index contributed by atoms with van der Waals surface area (Å²) in [5, 5.41) is 9.73. The number of carbonyl (C=O) groups is 1. The molecule has 0 fully saturated rings. The van der Waals surface area contributed by atoms with E-state index in [9.17, 15) is 9.59 Å².